The van der Waals surface area contributed by atoms with Crippen molar-refractivity contribution in [3.63, 3.8) is 0 Å². The SMILES string of the molecule is Cc1nc(CNC(=O)C2CCCN(C3CCN(C)CC3)C2)sc1C. The van der Waals surface area contributed by atoms with Gasteiger partial charge in [-0.05, 0) is 66.2 Å². The van der Waals surface area contributed by atoms with Gasteiger partial charge in [-0.1, -0.05) is 0 Å². The highest BCUT2D eigenvalue weighted by Crippen LogP contribution is 2.24. The summed E-state index contributed by atoms with van der Waals surface area (Å²) in [6, 6.07) is 0.668. The van der Waals surface area contributed by atoms with Crippen LogP contribution in [-0.4, -0.2) is 60.0 Å². The molecular weight excluding hydrogens is 320 g/mol. The molecule has 0 spiro atoms. The molecule has 0 aromatic carbocycles. The molecule has 0 saturated carbocycles. The number of piperidine rings is 2. The van der Waals surface area contributed by atoms with Crippen LogP contribution in [0.3, 0.4) is 0 Å². The predicted molar refractivity (Wildman–Crippen MR) is 98.3 cm³/mol. The molecule has 3 rings (SSSR count). The lowest BCUT2D eigenvalue weighted by molar-refractivity contribution is -0.127. The highest BCUT2D eigenvalue weighted by atomic mass is 32.1. The third kappa shape index (κ3) is 4.35. The summed E-state index contributed by atoms with van der Waals surface area (Å²) in [5.41, 5.74) is 1.08. The van der Waals surface area contributed by atoms with Crippen molar-refractivity contribution in [3.05, 3.63) is 15.6 Å². The van der Waals surface area contributed by atoms with Crippen LogP contribution in [0.5, 0.6) is 0 Å². The maximum Gasteiger partial charge on any atom is 0.224 e. The zero-order valence-corrected chi connectivity index (χ0v) is 16.0. The fourth-order valence-corrected chi connectivity index (χ4v) is 4.71. The van der Waals surface area contributed by atoms with Crippen molar-refractivity contribution in [1.29, 1.82) is 0 Å². The zero-order chi connectivity index (χ0) is 17.1. The van der Waals surface area contributed by atoms with Crippen LogP contribution in [0, 0.1) is 19.8 Å². The van der Waals surface area contributed by atoms with Gasteiger partial charge in [0, 0.05) is 17.5 Å². The Hall–Kier alpha value is -0.980. The number of aromatic nitrogens is 1. The predicted octanol–water partition coefficient (Wildman–Crippen LogP) is 2.18. The van der Waals surface area contributed by atoms with Crippen LogP contribution in [-0.2, 0) is 11.3 Å². The summed E-state index contributed by atoms with van der Waals surface area (Å²) in [4.78, 5) is 23.3. The first-order valence-electron chi connectivity index (χ1n) is 9.16. The monoisotopic (exact) mass is 350 g/mol. The first-order chi connectivity index (χ1) is 11.5. The summed E-state index contributed by atoms with van der Waals surface area (Å²) in [6.45, 7) is 9.13. The fourth-order valence-electron chi connectivity index (χ4n) is 3.83. The maximum atomic E-state index is 12.6. The lowest BCUT2D eigenvalue weighted by Gasteiger charge is -2.41. The van der Waals surface area contributed by atoms with Crippen LogP contribution in [0.15, 0.2) is 0 Å². The first kappa shape index (κ1) is 17.8. The second-order valence-electron chi connectivity index (χ2n) is 7.34. The van der Waals surface area contributed by atoms with E-state index in [1.807, 2.05) is 6.92 Å². The normalized spacial score (nSPS) is 24.2. The summed E-state index contributed by atoms with van der Waals surface area (Å²) in [5.74, 6) is 0.346. The molecule has 2 saturated heterocycles. The number of thiazole rings is 1. The Morgan fingerprint density at radius 1 is 1.25 bits per heavy atom. The second kappa shape index (κ2) is 7.93. The number of nitrogens with one attached hydrogen (secondary N) is 1. The summed E-state index contributed by atoms with van der Waals surface area (Å²) in [7, 11) is 2.20. The van der Waals surface area contributed by atoms with Crippen molar-refractivity contribution in [2.75, 3.05) is 33.2 Å². The number of rotatable bonds is 4. The Morgan fingerprint density at radius 2 is 2.00 bits per heavy atom. The lowest BCUT2D eigenvalue weighted by atomic mass is 9.93. The number of aryl methyl sites for hydroxylation is 2. The minimum Gasteiger partial charge on any atom is -0.349 e. The van der Waals surface area contributed by atoms with Crippen LogP contribution < -0.4 is 5.32 Å². The van der Waals surface area contributed by atoms with Gasteiger partial charge in [-0.2, -0.15) is 0 Å². The van der Waals surface area contributed by atoms with Gasteiger partial charge in [0.15, 0.2) is 0 Å². The van der Waals surface area contributed by atoms with E-state index in [2.05, 4.69) is 34.1 Å². The Bertz CT molecular complexity index is 546. The van der Waals surface area contributed by atoms with Crippen molar-refractivity contribution in [3.8, 4) is 0 Å². The molecule has 3 heterocycles. The third-order valence-corrected chi connectivity index (χ3v) is 6.59. The zero-order valence-electron chi connectivity index (χ0n) is 15.2. The molecule has 5 nitrogen and oxygen atoms in total. The molecule has 1 aromatic rings. The van der Waals surface area contributed by atoms with Crippen molar-refractivity contribution >= 4 is 17.2 Å². The maximum absolute atomic E-state index is 12.6. The average Bonchev–Trinajstić information content (AvgIpc) is 2.91. The molecule has 24 heavy (non-hydrogen) atoms. The molecule has 0 bridgehead atoms. The number of carbonyl (C=O) groups is 1. The van der Waals surface area contributed by atoms with E-state index in [4.69, 9.17) is 0 Å². The number of hydrogen-bond acceptors (Lipinski definition) is 5. The molecule has 1 amide bonds. The number of nitrogens with zero attached hydrogens (tertiary/aromatic N) is 3. The van der Waals surface area contributed by atoms with Gasteiger partial charge in [-0.15, -0.1) is 11.3 Å². The van der Waals surface area contributed by atoms with Gasteiger partial charge in [0.05, 0.1) is 18.2 Å². The van der Waals surface area contributed by atoms with Crippen molar-refractivity contribution in [2.45, 2.75) is 52.1 Å². The first-order valence-corrected chi connectivity index (χ1v) is 9.98. The van der Waals surface area contributed by atoms with E-state index >= 15 is 0 Å². The van der Waals surface area contributed by atoms with Crippen LogP contribution in [0.4, 0.5) is 0 Å². The van der Waals surface area contributed by atoms with E-state index in [0.717, 1.165) is 36.6 Å². The second-order valence-corrected chi connectivity index (χ2v) is 8.62. The van der Waals surface area contributed by atoms with Gasteiger partial charge in [0.2, 0.25) is 5.91 Å². The Morgan fingerprint density at radius 3 is 2.67 bits per heavy atom. The van der Waals surface area contributed by atoms with E-state index in [9.17, 15) is 4.79 Å². The van der Waals surface area contributed by atoms with Crippen molar-refractivity contribution < 1.29 is 4.79 Å². The average molecular weight is 351 g/mol. The van der Waals surface area contributed by atoms with Crippen molar-refractivity contribution in [2.24, 2.45) is 5.92 Å². The lowest BCUT2D eigenvalue weighted by Crippen LogP contribution is -2.50. The highest BCUT2D eigenvalue weighted by molar-refractivity contribution is 7.11. The van der Waals surface area contributed by atoms with E-state index in [-0.39, 0.29) is 11.8 Å². The molecule has 1 unspecified atom stereocenters. The van der Waals surface area contributed by atoms with Gasteiger partial charge >= 0.3 is 0 Å². The van der Waals surface area contributed by atoms with Crippen LogP contribution in [0.2, 0.25) is 0 Å². The molecule has 2 aliphatic heterocycles. The number of amides is 1. The van der Waals surface area contributed by atoms with E-state index in [0.29, 0.717) is 12.6 Å². The summed E-state index contributed by atoms with van der Waals surface area (Å²) in [6.07, 6.45) is 4.63. The number of likely N-dealkylation sites (tertiary alicyclic amines) is 2. The Labute approximate surface area is 149 Å². The third-order valence-electron chi connectivity index (χ3n) is 5.51. The Kier molecular flexibility index (Phi) is 5.89. The molecule has 1 aromatic heterocycles. The molecule has 6 heteroatoms. The smallest absolute Gasteiger partial charge is 0.224 e. The van der Waals surface area contributed by atoms with E-state index in [1.165, 1.54) is 30.8 Å². The minimum absolute atomic E-state index is 0.139. The van der Waals surface area contributed by atoms with Crippen LogP contribution in [0.25, 0.3) is 0 Å². The fraction of sp³-hybridized carbons (Fsp3) is 0.778. The largest absolute Gasteiger partial charge is 0.349 e. The molecule has 0 radical (unpaired) electrons. The summed E-state index contributed by atoms with van der Waals surface area (Å²) >= 11 is 1.69. The summed E-state index contributed by atoms with van der Waals surface area (Å²) < 4.78 is 0. The number of carbonyl (C=O) groups excluding carboxylic acids is 1. The molecule has 1 atom stereocenters. The van der Waals surface area contributed by atoms with Gasteiger partial charge in [0.1, 0.15) is 5.01 Å². The van der Waals surface area contributed by atoms with Gasteiger partial charge < -0.3 is 10.2 Å². The quantitative estimate of drug-likeness (QED) is 0.904. The van der Waals surface area contributed by atoms with Crippen LogP contribution in [0.1, 0.15) is 41.3 Å². The molecule has 134 valence electrons. The molecule has 0 aliphatic carbocycles. The topological polar surface area (TPSA) is 48.5 Å². The molecule has 2 fully saturated rings. The Balaban J connectivity index is 1.49. The van der Waals surface area contributed by atoms with Gasteiger partial charge in [-0.3, -0.25) is 9.69 Å². The standard InChI is InChI=1S/C18H30N4OS/c1-13-14(2)24-17(20-13)11-19-18(23)15-5-4-8-22(12-15)16-6-9-21(3)10-7-16/h15-16H,4-12H2,1-3H3,(H,19,23). The molecule has 1 N–H and O–H groups in total. The van der Waals surface area contributed by atoms with E-state index in [1.54, 1.807) is 11.3 Å². The van der Waals surface area contributed by atoms with Crippen LogP contribution >= 0.6 is 11.3 Å². The number of hydrogen-bond donors (Lipinski definition) is 1. The van der Waals surface area contributed by atoms with Crippen molar-refractivity contribution in [1.82, 2.24) is 20.1 Å². The highest BCUT2D eigenvalue weighted by Gasteiger charge is 2.31. The van der Waals surface area contributed by atoms with Gasteiger partial charge in [0.25, 0.3) is 0 Å². The van der Waals surface area contributed by atoms with E-state index < -0.39 is 0 Å². The van der Waals surface area contributed by atoms with Gasteiger partial charge in [-0.25, -0.2) is 4.98 Å². The molecular formula is C18H30N4OS. The minimum atomic E-state index is 0.139. The molecule has 2 aliphatic rings. The summed E-state index contributed by atoms with van der Waals surface area (Å²) in [5, 5.41) is 4.13.